The van der Waals surface area contributed by atoms with Crippen molar-refractivity contribution in [3.63, 3.8) is 0 Å². The van der Waals surface area contributed by atoms with Crippen molar-refractivity contribution < 1.29 is 17.7 Å². The number of sulfonamides is 1. The minimum Gasteiger partial charge on any atom is -0.497 e. The Morgan fingerprint density at radius 3 is 2.48 bits per heavy atom. The summed E-state index contributed by atoms with van der Waals surface area (Å²) in [6.45, 7) is -0.00562. The first-order valence-corrected chi connectivity index (χ1v) is 10.0. The highest BCUT2D eigenvalue weighted by atomic mass is 35.5. The standard InChI is InChI=1S/C18H16Cl2N2O4S/c1-22(27(23,24)18-9-13(19)5-8-16(18)20)11-15-10-17(21-26-15)12-3-6-14(25-2)7-4-12/h3-10H,11H2,1-2H3. The highest BCUT2D eigenvalue weighted by molar-refractivity contribution is 7.89. The number of hydrogen-bond acceptors (Lipinski definition) is 5. The highest BCUT2D eigenvalue weighted by Crippen LogP contribution is 2.28. The third kappa shape index (κ3) is 4.27. The van der Waals surface area contributed by atoms with Crippen LogP contribution in [0.5, 0.6) is 5.75 Å². The van der Waals surface area contributed by atoms with Crippen molar-refractivity contribution in [1.82, 2.24) is 9.46 Å². The van der Waals surface area contributed by atoms with Gasteiger partial charge in [0.15, 0.2) is 5.76 Å². The maximum Gasteiger partial charge on any atom is 0.244 e. The number of aromatic nitrogens is 1. The summed E-state index contributed by atoms with van der Waals surface area (Å²) >= 11 is 11.9. The molecule has 1 heterocycles. The van der Waals surface area contributed by atoms with E-state index in [1.165, 1.54) is 25.2 Å². The topological polar surface area (TPSA) is 72.6 Å². The lowest BCUT2D eigenvalue weighted by Gasteiger charge is -2.16. The van der Waals surface area contributed by atoms with Crippen LogP contribution in [0, 0.1) is 0 Å². The van der Waals surface area contributed by atoms with Gasteiger partial charge >= 0.3 is 0 Å². The van der Waals surface area contributed by atoms with Gasteiger partial charge in [-0.2, -0.15) is 4.31 Å². The van der Waals surface area contributed by atoms with Crippen molar-refractivity contribution in [2.24, 2.45) is 0 Å². The van der Waals surface area contributed by atoms with E-state index in [4.69, 9.17) is 32.5 Å². The Morgan fingerprint density at radius 2 is 1.81 bits per heavy atom. The first-order valence-electron chi connectivity index (χ1n) is 7.82. The molecule has 2 aromatic carbocycles. The SMILES string of the molecule is COc1ccc(-c2cc(CN(C)S(=O)(=O)c3cc(Cl)ccc3Cl)on2)cc1. The van der Waals surface area contributed by atoms with Crippen molar-refractivity contribution in [1.29, 1.82) is 0 Å². The fourth-order valence-corrected chi connectivity index (χ4v) is 4.30. The van der Waals surface area contributed by atoms with Crippen molar-refractivity contribution in [3.05, 3.63) is 64.3 Å². The van der Waals surface area contributed by atoms with Gasteiger partial charge in [-0.1, -0.05) is 28.4 Å². The van der Waals surface area contributed by atoms with Gasteiger partial charge in [0.2, 0.25) is 10.0 Å². The van der Waals surface area contributed by atoms with Crippen LogP contribution in [0.4, 0.5) is 0 Å². The molecular formula is C18H16Cl2N2O4S. The fourth-order valence-electron chi connectivity index (χ4n) is 2.43. The minimum absolute atomic E-state index is 0.00562. The smallest absolute Gasteiger partial charge is 0.244 e. The number of methoxy groups -OCH3 is 1. The van der Waals surface area contributed by atoms with E-state index in [2.05, 4.69) is 5.16 Å². The van der Waals surface area contributed by atoms with E-state index >= 15 is 0 Å². The molecule has 0 N–H and O–H groups in total. The summed E-state index contributed by atoms with van der Waals surface area (Å²) in [5, 5.41) is 4.38. The van der Waals surface area contributed by atoms with Crippen molar-refractivity contribution in [3.8, 4) is 17.0 Å². The van der Waals surface area contributed by atoms with E-state index in [9.17, 15) is 8.42 Å². The number of hydrogen-bond donors (Lipinski definition) is 0. The zero-order valence-electron chi connectivity index (χ0n) is 14.5. The van der Waals surface area contributed by atoms with Crippen LogP contribution in [0.25, 0.3) is 11.3 Å². The molecule has 3 rings (SSSR count). The van der Waals surface area contributed by atoms with Gasteiger partial charge in [-0.3, -0.25) is 0 Å². The van der Waals surface area contributed by atoms with Crippen LogP contribution in [0.1, 0.15) is 5.76 Å². The molecular weight excluding hydrogens is 411 g/mol. The van der Waals surface area contributed by atoms with Gasteiger partial charge in [0.05, 0.1) is 18.7 Å². The van der Waals surface area contributed by atoms with Crippen molar-refractivity contribution in [2.45, 2.75) is 11.4 Å². The number of nitrogens with zero attached hydrogens (tertiary/aromatic N) is 2. The summed E-state index contributed by atoms with van der Waals surface area (Å²) in [6.07, 6.45) is 0. The van der Waals surface area contributed by atoms with Crippen molar-refractivity contribution >= 4 is 33.2 Å². The molecule has 0 bridgehead atoms. The Kier molecular flexibility index (Phi) is 5.76. The van der Waals surface area contributed by atoms with Gasteiger partial charge in [0, 0.05) is 23.7 Å². The Morgan fingerprint density at radius 1 is 1.11 bits per heavy atom. The van der Waals surface area contributed by atoms with Crippen LogP contribution in [0.15, 0.2) is 57.9 Å². The quantitative estimate of drug-likeness (QED) is 0.580. The predicted octanol–water partition coefficient (Wildman–Crippen LogP) is 4.48. The Hall–Kier alpha value is -2.06. The number of halogens is 2. The van der Waals surface area contributed by atoms with Gasteiger partial charge in [0.1, 0.15) is 16.3 Å². The molecule has 3 aromatic rings. The second kappa shape index (κ2) is 7.90. The van der Waals surface area contributed by atoms with Gasteiger partial charge in [-0.05, 0) is 42.5 Å². The average molecular weight is 427 g/mol. The van der Waals surface area contributed by atoms with Crippen LogP contribution >= 0.6 is 23.2 Å². The summed E-state index contributed by atoms with van der Waals surface area (Å²) in [7, 11) is -0.820. The lowest BCUT2D eigenvalue weighted by Crippen LogP contribution is -2.26. The Labute approximate surface area is 167 Å². The maximum absolute atomic E-state index is 12.8. The lowest BCUT2D eigenvalue weighted by molar-refractivity contribution is 0.344. The summed E-state index contributed by atoms with van der Waals surface area (Å²) in [4.78, 5) is -0.0611. The predicted molar refractivity (Wildman–Crippen MR) is 104 cm³/mol. The molecule has 6 nitrogen and oxygen atoms in total. The van der Waals surface area contributed by atoms with Gasteiger partial charge < -0.3 is 9.26 Å². The molecule has 0 atom stereocenters. The van der Waals surface area contributed by atoms with Crippen LogP contribution in [0.3, 0.4) is 0 Å². The molecule has 142 valence electrons. The molecule has 0 amide bonds. The summed E-state index contributed by atoms with van der Waals surface area (Å²) in [6, 6.07) is 13.3. The zero-order valence-corrected chi connectivity index (χ0v) is 16.8. The maximum atomic E-state index is 12.8. The number of rotatable bonds is 6. The van der Waals surface area contributed by atoms with E-state index in [0.717, 1.165) is 15.6 Å². The third-order valence-corrected chi connectivity index (χ3v) is 6.42. The molecule has 0 unspecified atom stereocenters. The van der Waals surface area contributed by atoms with E-state index in [1.807, 2.05) is 12.1 Å². The summed E-state index contributed by atoms with van der Waals surface area (Å²) < 4.78 is 37.1. The molecule has 0 aliphatic heterocycles. The second-order valence-electron chi connectivity index (χ2n) is 5.74. The van der Waals surface area contributed by atoms with Gasteiger partial charge in [-0.15, -0.1) is 0 Å². The number of benzene rings is 2. The van der Waals surface area contributed by atoms with E-state index in [0.29, 0.717) is 11.5 Å². The first kappa shape index (κ1) is 19.7. The highest BCUT2D eigenvalue weighted by Gasteiger charge is 2.25. The average Bonchev–Trinajstić information content (AvgIpc) is 3.12. The molecule has 1 aromatic heterocycles. The monoisotopic (exact) mass is 426 g/mol. The summed E-state index contributed by atoms with van der Waals surface area (Å²) in [5.41, 5.74) is 1.42. The normalized spacial score (nSPS) is 11.7. The van der Waals surface area contributed by atoms with Gasteiger partial charge in [0.25, 0.3) is 0 Å². The summed E-state index contributed by atoms with van der Waals surface area (Å²) in [5.74, 6) is 1.12. The van der Waals surface area contributed by atoms with E-state index in [-0.39, 0.29) is 21.5 Å². The lowest BCUT2D eigenvalue weighted by atomic mass is 10.1. The number of ether oxygens (including phenoxy) is 1. The second-order valence-corrected chi connectivity index (χ2v) is 8.60. The first-order chi connectivity index (χ1) is 12.8. The minimum atomic E-state index is -3.84. The third-order valence-electron chi connectivity index (χ3n) is 3.90. The molecule has 27 heavy (non-hydrogen) atoms. The largest absolute Gasteiger partial charge is 0.497 e. The van der Waals surface area contributed by atoms with Crippen molar-refractivity contribution in [2.75, 3.05) is 14.2 Å². The molecule has 9 heteroatoms. The molecule has 0 saturated heterocycles. The Bertz CT molecular complexity index is 1050. The zero-order chi connectivity index (χ0) is 19.6. The Balaban J connectivity index is 1.80. The van der Waals surface area contributed by atoms with Crippen LogP contribution < -0.4 is 4.74 Å². The fraction of sp³-hybridized carbons (Fsp3) is 0.167. The molecule has 0 fully saturated rings. The molecule has 0 aliphatic carbocycles. The molecule has 0 spiro atoms. The van der Waals surface area contributed by atoms with Crippen LogP contribution in [-0.2, 0) is 16.6 Å². The van der Waals surface area contributed by atoms with E-state index < -0.39 is 10.0 Å². The van der Waals surface area contributed by atoms with Crippen LogP contribution in [-0.4, -0.2) is 32.0 Å². The van der Waals surface area contributed by atoms with Crippen LogP contribution in [0.2, 0.25) is 10.0 Å². The molecule has 0 aliphatic rings. The molecule has 0 radical (unpaired) electrons. The van der Waals surface area contributed by atoms with E-state index in [1.54, 1.807) is 25.3 Å². The van der Waals surface area contributed by atoms with Gasteiger partial charge in [-0.25, -0.2) is 8.42 Å². The molecule has 0 saturated carbocycles.